The average Bonchev–Trinajstić information content (AvgIpc) is 2.80. The molecule has 1 aliphatic carbocycles. The number of hydrogen-bond donors (Lipinski definition) is 1. The first-order valence-electron chi connectivity index (χ1n) is 10.4. The first-order chi connectivity index (χ1) is 15.4. The molecule has 3 aromatic rings. The molecule has 0 saturated heterocycles. The van der Waals surface area contributed by atoms with Gasteiger partial charge in [0.15, 0.2) is 5.82 Å². The largest absolute Gasteiger partial charge is 0.490 e. The van der Waals surface area contributed by atoms with Crippen LogP contribution in [0.25, 0.3) is 0 Å². The average molecular weight is 463 g/mol. The van der Waals surface area contributed by atoms with Crippen molar-refractivity contribution in [2.75, 3.05) is 9.74 Å². The first-order valence-corrected chi connectivity index (χ1v) is 10.7. The van der Waals surface area contributed by atoms with E-state index in [2.05, 4.69) is 15.3 Å². The monoisotopic (exact) mass is 462 g/mol. The molecule has 1 aromatic heterocycles. The normalized spacial score (nSPS) is 14.8. The molecule has 5 nitrogen and oxygen atoms in total. The third kappa shape index (κ3) is 5.43. The van der Waals surface area contributed by atoms with Crippen LogP contribution in [0.5, 0.6) is 5.75 Å². The van der Waals surface area contributed by atoms with Crippen LogP contribution in [0.2, 0.25) is 0 Å². The highest BCUT2D eigenvalue weighted by molar-refractivity contribution is 6.29. The molecule has 4 rings (SSSR count). The zero-order chi connectivity index (χ0) is 22.6. The molecule has 1 fully saturated rings. The lowest BCUT2D eigenvalue weighted by Gasteiger charge is -2.23. The number of benzene rings is 2. The second-order valence-corrected chi connectivity index (χ2v) is 7.91. The van der Waals surface area contributed by atoms with Gasteiger partial charge >= 0.3 is 6.18 Å². The fourth-order valence-corrected chi connectivity index (χ4v) is 3.83. The van der Waals surface area contributed by atoms with Crippen molar-refractivity contribution in [3.8, 4) is 5.75 Å². The Hall–Kier alpha value is -3.00. The van der Waals surface area contributed by atoms with Gasteiger partial charge in [-0.25, -0.2) is 9.40 Å². The third-order valence-electron chi connectivity index (χ3n) is 5.21. The van der Waals surface area contributed by atoms with Crippen molar-refractivity contribution in [3.05, 3.63) is 66.4 Å². The Bertz CT molecular complexity index is 1030. The van der Waals surface area contributed by atoms with Gasteiger partial charge in [0.2, 0.25) is 5.95 Å². The fourth-order valence-electron chi connectivity index (χ4n) is 3.59. The van der Waals surface area contributed by atoms with Gasteiger partial charge < -0.3 is 10.1 Å². The number of nitrogens with one attached hydrogen (secondary N) is 1. The molecule has 0 unspecified atom stereocenters. The van der Waals surface area contributed by atoms with Crippen LogP contribution < -0.4 is 14.5 Å². The Labute approximate surface area is 189 Å². The summed E-state index contributed by atoms with van der Waals surface area (Å²) in [6.45, 7) is 0. The van der Waals surface area contributed by atoms with Crippen LogP contribution in [-0.4, -0.2) is 16.1 Å². The van der Waals surface area contributed by atoms with E-state index in [4.69, 9.17) is 16.5 Å². The summed E-state index contributed by atoms with van der Waals surface area (Å²) in [5.74, 6) is 0.295. The smallest absolute Gasteiger partial charge is 0.421 e. The molecule has 32 heavy (non-hydrogen) atoms. The Kier molecular flexibility index (Phi) is 6.69. The number of anilines is 4. The molecule has 0 amide bonds. The van der Waals surface area contributed by atoms with E-state index < -0.39 is 17.6 Å². The highest BCUT2D eigenvalue weighted by Gasteiger charge is 2.37. The van der Waals surface area contributed by atoms with Crippen molar-refractivity contribution in [2.24, 2.45) is 0 Å². The number of para-hydroxylation sites is 1. The van der Waals surface area contributed by atoms with Gasteiger partial charge in [-0.2, -0.15) is 18.2 Å². The number of ether oxygens (including phenoxy) is 1. The minimum atomic E-state index is -4.66. The summed E-state index contributed by atoms with van der Waals surface area (Å²) >= 11 is 6.23. The van der Waals surface area contributed by atoms with Gasteiger partial charge in [0.1, 0.15) is 11.3 Å². The summed E-state index contributed by atoms with van der Waals surface area (Å²) in [5.41, 5.74) is -0.0563. The van der Waals surface area contributed by atoms with Gasteiger partial charge in [0.25, 0.3) is 0 Å². The van der Waals surface area contributed by atoms with Crippen LogP contribution in [0.3, 0.4) is 0 Å². The van der Waals surface area contributed by atoms with Crippen molar-refractivity contribution in [1.29, 1.82) is 0 Å². The second-order valence-electron chi connectivity index (χ2n) is 7.57. The minimum absolute atomic E-state index is 0.00414. The van der Waals surface area contributed by atoms with Crippen LogP contribution in [0.4, 0.5) is 36.3 Å². The number of rotatable bonds is 6. The SMILES string of the molecule is FC(F)(F)c1cnc(Nc2ccc(OC3CCCCC3)cc2)nc1N(Cl)c1ccccc1. The minimum Gasteiger partial charge on any atom is -0.490 e. The van der Waals surface area contributed by atoms with Crippen LogP contribution >= 0.6 is 11.8 Å². The number of alkyl halides is 3. The van der Waals surface area contributed by atoms with Gasteiger partial charge in [-0.05, 0) is 62.1 Å². The van der Waals surface area contributed by atoms with Crippen LogP contribution in [0.1, 0.15) is 37.7 Å². The maximum atomic E-state index is 13.5. The van der Waals surface area contributed by atoms with Crippen molar-refractivity contribution in [1.82, 2.24) is 9.97 Å². The lowest BCUT2D eigenvalue weighted by molar-refractivity contribution is -0.137. The molecule has 1 saturated carbocycles. The number of halogens is 4. The van der Waals surface area contributed by atoms with Crippen molar-refractivity contribution < 1.29 is 17.9 Å². The Morgan fingerprint density at radius 3 is 2.31 bits per heavy atom. The van der Waals surface area contributed by atoms with Gasteiger partial charge in [0.05, 0.1) is 11.8 Å². The van der Waals surface area contributed by atoms with E-state index in [0.717, 1.165) is 29.2 Å². The predicted octanol–water partition coefficient (Wildman–Crippen LogP) is 7.24. The summed E-state index contributed by atoms with van der Waals surface area (Å²) in [4.78, 5) is 7.88. The van der Waals surface area contributed by atoms with Crippen LogP contribution in [0.15, 0.2) is 60.8 Å². The molecule has 1 heterocycles. The Morgan fingerprint density at radius 2 is 1.66 bits per heavy atom. The Balaban J connectivity index is 1.53. The zero-order valence-corrected chi connectivity index (χ0v) is 17.9. The summed E-state index contributed by atoms with van der Waals surface area (Å²) in [6, 6.07) is 15.5. The van der Waals surface area contributed by atoms with E-state index in [0.29, 0.717) is 11.4 Å². The number of nitrogens with zero attached hydrogens (tertiary/aromatic N) is 3. The van der Waals surface area contributed by atoms with E-state index in [-0.39, 0.29) is 12.1 Å². The molecule has 9 heteroatoms. The van der Waals surface area contributed by atoms with Gasteiger partial charge in [-0.1, -0.05) is 24.6 Å². The van der Waals surface area contributed by atoms with Gasteiger partial charge in [-0.3, -0.25) is 0 Å². The van der Waals surface area contributed by atoms with Crippen molar-refractivity contribution in [3.63, 3.8) is 0 Å². The molecular weight excluding hydrogens is 441 g/mol. The number of hydrogen-bond acceptors (Lipinski definition) is 5. The third-order valence-corrected chi connectivity index (χ3v) is 5.56. The van der Waals surface area contributed by atoms with Crippen LogP contribution in [-0.2, 0) is 6.18 Å². The summed E-state index contributed by atoms with van der Waals surface area (Å²) in [5, 5.41) is 2.93. The van der Waals surface area contributed by atoms with E-state index >= 15 is 0 Å². The quantitative estimate of drug-likeness (QED) is 0.391. The summed E-state index contributed by atoms with van der Waals surface area (Å²) in [6.07, 6.45) is 2.02. The highest BCUT2D eigenvalue weighted by Crippen LogP contribution is 2.39. The lowest BCUT2D eigenvalue weighted by Crippen LogP contribution is -2.19. The zero-order valence-electron chi connectivity index (χ0n) is 17.1. The molecule has 1 aliphatic rings. The topological polar surface area (TPSA) is 50.3 Å². The van der Waals surface area contributed by atoms with E-state index in [9.17, 15) is 13.2 Å². The van der Waals surface area contributed by atoms with Crippen molar-refractivity contribution in [2.45, 2.75) is 44.4 Å². The molecular formula is C23H22ClF3N4O. The predicted molar refractivity (Wildman–Crippen MR) is 119 cm³/mol. The maximum absolute atomic E-state index is 13.5. The Morgan fingerprint density at radius 1 is 0.969 bits per heavy atom. The summed E-state index contributed by atoms with van der Waals surface area (Å²) in [7, 11) is 0. The standard InChI is InChI=1S/C23H22ClF3N4O/c24-31(17-7-3-1-4-8-17)21-20(23(25,26)27)15-28-22(30-21)29-16-11-13-19(14-12-16)32-18-9-5-2-6-10-18/h1,3-4,7-8,11-15,18H,2,5-6,9-10H2,(H,28,29,30). The van der Waals surface area contributed by atoms with E-state index in [1.54, 1.807) is 42.5 Å². The van der Waals surface area contributed by atoms with Gasteiger partial charge in [-0.15, -0.1) is 0 Å². The molecule has 0 bridgehead atoms. The molecule has 0 spiro atoms. The maximum Gasteiger partial charge on any atom is 0.421 e. The highest BCUT2D eigenvalue weighted by atomic mass is 35.5. The van der Waals surface area contributed by atoms with Crippen molar-refractivity contribution >= 4 is 34.9 Å². The van der Waals surface area contributed by atoms with E-state index in [1.807, 2.05) is 12.1 Å². The second kappa shape index (κ2) is 9.65. The molecule has 1 N–H and O–H groups in total. The number of aromatic nitrogens is 2. The molecule has 168 valence electrons. The molecule has 0 atom stereocenters. The lowest BCUT2D eigenvalue weighted by atomic mass is 9.98. The first kappa shape index (κ1) is 22.2. The molecule has 2 aromatic carbocycles. The van der Waals surface area contributed by atoms with E-state index in [1.165, 1.54) is 19.3 Å². The fraction of sp³-hybridized carbons (Fsp3) is 0.304. The summed E-state index contributed by atoms with van der Waals surface area (Å²) < 4.78 is 47.4. The molecule has 0 aliphatic heterocycles. The molecule has 0 radical (unpaired) electrons. The van der Waals surface area contributed by atoms with Gasteiger partial charge in [0, 0.05) is 23.7 Å². The van der Waals surface area contributed by atoms with Crippen LogP contribution in [0, 0.1) is 0 Å².